The van der Waals surface area contributed by atoms with Crippen molar-refractivity contribution in [1.82, 2.24) is 5.32 Å². The van der Waals surface area contributed by atoms with E-state index in [0.29, 0.717) is 24.0 Å². The highest BCUT2D eigenvalue weighted by Gasteiger charge is 2.14. The number of benzene rings is 2. The third-order valence-electron chi connectivity index (χ3n) is 4.17. The largest absolute Gasteiger partial charge is 0.454 e. The molecule has 132 valence electrons. The minimum absolute atomic E-state index is 0.0723. The van der Waals surface area contributed by atoms with Crippen LogP contribution >= 0.6 is 0 Å². The lowest BCUT2D eigenvalue weighted by molar-refractivity contribution is -0.117. The quantitative estimate of drug-likeness (QED) is 0.660. The van der Waals surface area contributed by atoms with E-state index in [4.69, 9.17) is 9.47 Å². The second-order valence-electron chi connectivity index (χ2n) is 6.36. The Morgan fingerprint density at radius 1 is 1.19 bits per heavy atom. The molecule has 5 nitrogen and oxygen atoms in total. The van der Waals surface area contributed by atoms with Gasteiger partial charge in [-0.05, 0) is 40.8 Å². The SMILES string of the molecule is CC(C)c1ccc(/C=C(\C#N)C(=O)NCc2ccc3c(c2)OCO3)cc1. The summed E-state index contributed by atoms with van der Waals surface area (Å²) in [4.78, 5) is 12.3. The molecular weight excluding hydrogens is 328 g/mol. The van der Waals surface area contributed by atoms with Crippen LogP contribution in [0, 0.1) is 11.3 Å². The van der Waals surface area contributed by atoms with E-state index in [1.165, 1.54) is 5.56 Å². The van der Waals surface area contributed by atoms with Crippen molar-refractivity contribution in [3.8, 4) is 17.6 Å². The predicted molar refractivity (Wildman–Crippen MR) is 98.5 cm³/mol. The topological polar surface area (TPSA) is 71.4 Å². The maximum Gasteiger partial charge on any atom is 0.262 e. The molecule has 1 aliphatic rings. The molecule has 0 bridgehead atoms. The van der Waals surface area contributed by atoms with Gasteiger partial charge in [-0.25, -0.2) is 0 Å². The number of carbonyl (C=O) groups is 1. The molecule has 0 unspecified atom stereocenters. The zero-order chi connectivity index (χ0) is 18.5. The molecule has 1 amide bonds. The van der Waals surface area contributed by atoms with Gasteiger partial charge in [-0.1, -0.05) is 44.2 Å². The average molecular weight is 348 g/mol. The summed E-state index contributed by atoms with van der Waals surface area (Å²) in [5.41, 5.74) is 2.99. The lowest BCUT2D eigenvalue weighted by atomic mass is 10.0. The van der Waals surface area contributed by atoms with E-state index in [1.807, 2.05) is 42.5 Å². The van der Waals surface area contributed by atoms with Gasteiger partial charge >= 0.3 is 0 Å². The van der Waals surface area contributed by atoms with Crippen molar-refractivity contribution in [2.75, 3.05) is 6.79 Å². The lowest BCUT2D eigenvalue weighted by Crippen LogP contribution is -2.23. The molecular formula is C21H20N2O3. The Balaban J connectivity index is 1.66. The van der Waals surface area contributed by atoms with Gasteiger partial charge in [-0.3, -0.25) is 4.79 Å². The van der Waals surface area contributed by atoms with Crippen LogP contribution in [0.3, 0.4) is 0 Å². The zero-order valence-electron chi connectivity index (χ0n) is 14.8. The molecule has 5 heteroatoms. The monoisotopic (exact) mass is 348 g/mol. The molecule has 26 heavy (non-hydrogen) atoms. The van der Waals surface area contributed by atoms with Crippen LogP contribution in [-0.2, 0) is 11.3 Å². The fraction of sp³-hybridized carbons (Fsp3) is 0.238. The first kappa shape index (κ1) is 17.6. The maximum absolute atomic E-state index is 12.3. The van der Waals surface area contributed by atoms with Crippen LogP contribution in [0.25, 0.3) is 6.08 Å². The fourth-order valence-corrected chi connectivity index (χ4v) is 2.62. The van der Waals surface area contributed by atoms with Gasteiger partial charge in [0, 0.05) is 6.54 Å². The average Bonchev–Trinajstić information content (AvgIpc) is 3.12. The van der Waals surface area contributed by atoms with Crippen molar-refractivity contribution in [3.05, 3.63) is 64.7 Å². The molecule has 0 fully saturated rings. The molecule has 0 saturated carbocycles. The molecule has 0 atom stereocenters. The molecule has 3 rings (SSSR count). The number of nitrogens with one attached hydrogen (secondary N) is 1. The van der Waals surface area contributed by atoms with E-state index >= 15 is 0 Å². The number of rotatable bonds is 5. The molecule has 1 heterocycles. The first-order valence-electron chi connectivity index (χ1n) is 8.45. The van der Waals surface area contributed by atoms with Crippen molar-refractivity contribution < 1.29 is 14.3 Å². The van der Waals surface area contributed by atoms with Crippen molar-refractivity contribution in [2.45, 2.75) is 26.3 Å². The number of nitriles is 1. The van der Waals surface area contributed by atoms with E-state index in [2.05, 4.69) is 19.2 Å². The standard InChI is InChI=1S/C21H20N2O3/c1-14(2)17-6-3-15(4-7-17)9-18(11-22)21(24)23-12-16-5-8-19-20(10-16)26-13-25-19/h3-10,14H,12-13H2,1-2H3,(H,23,24)/b18-9+. The third-order valence-corrected chi connectivity index (χ3v) is 4.17. The molecule has 0 saturated heterocycles. The second-order valence-corrected chi connectivity index (χ2v) is 6.36. The summed E-state index contributed by atoms with van der Waals surface area (Å²) in [6, 6.07) is 15.3. The summed E-state index contributed by atoms with van der Waals surface area (Å²) in [5, 5.41) is 12.1. The Morgan fingerprint density at radius 3 is 2.62 bits per heavy atom. The Morgan fingerprint density at radius 2 is 1.92 bits per heavy atom. The van der Waals surface area contributed by atoms with Crippen molar-refractivity contribution in [2.24, 2.45) is 0 Å². The molecule has 0 aromatic heterocycles. The van der Waals surface area contributed by atoms with Gasteiger partial charge in [-0.2, -0.15) is 5.26 Å². The first-order chi connectivity index (χ1) is 12.6. The van der Waals surface area contributed by atoms with Crippen LogP contribution in [0.5, 0.6) is 11.5 Å². The number of nitrogens with zero attached hydrogens (tertiary/aromatic N) is 1. The molecule has 0 spiro atoms. The van der Waals surface area contributed by atoms with E-state index in [-0.39, 0.29) is 12.4 Å². The number of ether oxygens (including phenoxy) is 2. The van der Waals surface area contributed by atoms with Crippen molar-refractivity contribution in [3.63, 3.8) is 0 Å². The van der Waals surface area contributed by atoms with Gasteiger partial charge in [0.15, 0.2) is 11.5 Å². The van der Waals surface area contributed by atoms with Gasteiger partial charge in [0.1, 0.15) is 11.6 Å². The molecule has 1 aliphatic heterocycles. The van der Waals surface area contributed by atoms with Crippen molar-refractivity contribution >= 4 is 12.0 Å². The number of fused-ring (bicyclic) bond motifs is 1. The summed E-state index contributed by atoms with van der Waals surface area (Å²) < 4.78 is 10.6. The highest BCUT2D eigenvalue weighted by Crippen LogP contribution is 2.32. The number of hydrogen-bond donors (Lipinski definition) is 1. The van der Waals surface area contributed by atoms with E-state index in [9.17, 15) is 10.1 Å². The Kier molecular flexibility index (Phi) is 5.23. The summed E-state index contributed by atoms with van der Waals surface area (Å²) >= 11 is 0. The van der Waals surface area contributed by atoms with E-state index in [0.717, 1.165) is 11.1 Å². The zero-order valence-corrected chi connectivity index (χ0v) is 14.8. The highest BCUT2D eigenvalue weighted by atomic mass is 16.7. The van der Waals surface area contributed by atoms with Crippen LogP contribution in [0.4, 0.5) is 0 Å². The predicted octanol–water partition coefficient (Wildman–Crippen LogP) is 3.76. The van der Waals surface area contributed by atoms with Gasteiger partial charge < -0.3 is 14.8 Å². The summed E-state index contributed by atoms with van der Waals surface area (Å²) in [6.07, 6.45) is 1.60. The summed E-state index contributed by atoms with van der Waals surface area (Å²) in [5.74, 6) is 1.40. The fourth-order valence-electron chi connectivity index (χ4n) is 2.62. The van der Waals surface area contributed by atoms with Crippen LogP contribution < -0.4 is 14.8 Å². The van der Waals surface area contributed by atoms with E-state index < -0.39 is 5.91 Å². The molecule has 0 radical (unpaired) electrons. The number of hydrogen-bond acceptors (Lipinski definition) is 4. The van der Waals surface area contributed by atoms with Gasteiger partial charge in [-0.15, -0.1) is 0 Å². The molecule has 1 N–H and O–H groups in total. The van der Waals surface area contributed by atoms with Crippen LogP contribution in [-0.4, -0.2) is 12.7 Å². The minimum Gasteiger partial charge on any atom is -0.454 e. The van der Waals surface area contributed by atoms with Gasteiger partial charge in [0.25, 0.3) is 5.91 Å². The maximum atomic E-state index is 12.3. The lowest BCUT2D eigenvalue weighted by Gasteiger charge is -2.07. The van der Waals surface area contributed by atoms with Crippen LogP contribution in [0.15, 0.2) is 48.0 Å². The first-order valence-corrected chi connectivity index (χ1v) is 8.45. The molecule has 0 aliphatic carbocycles. The van der Waals surface area contributed by atoms with Crippen LogP contribution in [0.2, 0.25) is 0 Å². The summed E-state index contributed by atoms with van der Waals surface area (Å²) in [6.45, 7) is 4.76. The van der Waals surface area contributed by atoms with Gasteiger partial charge in [0.05, 0.1) is 0 Å². The van der Waals surface area contributed by atoms with Crippen LogP contribution in [0.1, 0.15) is 36.5 Å². The second kappa shape index (κ2) is 7.75. The normalized spacial score (nSPS) is 12.8. The Hall–Kier alpha value is -3.26. The summed E-state index contributed by atoms with van der Waals surface area (Å²) in [7, 11) is 0. The smallest absolute Gasteiger partial charge is 0.262 e. The van der Waals surface area contributed by atoms with Gasteiger partial charge in [0.2, 0.25) is 6.79 Å². The minimum atomic E-state index is -0.405. The van der Waals surface area contributed by atoms with E-state index in [1.54, 1.807) is 12.1 Å². The highest BCUT2D eigenvalue weighted by molar-refractivity contribution is 6.01. The number of carbonyl (C=O) groups excluding carboxylic acids is 1. The Labute approximate surface area is 152 Å². The third kappa shape index (κ3) is 4.04. The molecule has 2 aromatic carbocycles. The van der Waals surface area contributed by atoms with Crippen molar-refractivity contribution in [1.29, 1.82) is 5.26 Å². The molecule has 2 aromatic rings. The Bertz CT molecular complexity index is 877. The number of amides is 1.